The molecule has 0 spiro atoms. The Balaban J connectivity index is 1.78. The first-order valence-corrected chi connectivity index (χ1v) is 6.70. The van der Waals surface area contributed by atoms with E-state index in [1.165, 1.54) is 12.8 Å². The van der Waals surface area contributed by atoms with Crippen LogP contribution < -0.4 is 5.32 Å². The number of hydrogen-bond acceptors (Lipinski definition) is 2. The SMILES string of the molecule is N#Cc1cc(Br)ccc1NC1CC2CC=CC21. The van der Waals surface area contributed by atoms with Crippen molar-refractivity contribution in [3.63, 3.8) is 0 Å². The van der Waals surface area contributed by atoms with Gasteiger partial charge in [0, 0.05) is 16.4 Å². The van der Waals surface area contributed by atoms with Gasteiger partial charge in [0.15, 0.2) is 0 Å². The first-order valence-electron chi connectivity index (χ1n) is 5.91. The van der Waals surface area contributed by atoms with Crippen LogP contribution in [-0.2, 0) is 0 Å². The van der Waals surface area contributed by atoms with Crippen molar-refractivity contribution in [1.29, 1.82) is 5.26 Å². The number of fused-ring (bicyclic) bond motifs is 1. The molecule has 0 amide bonds. The zero-order valence-electron chi connectivity index (χ0n) is 9.36. The number of nitriles is 1. The monoisotopic (exact) mass is 288 g/mol. The van der Waals surface area contributed by atoms with Crippen LogP contribution in [0.4, 0.5) is 5.69 Å². The van der Waals surface area contributed by atoms with E-state index in [2.05, 4.69) is 39.5 Å². The highest BCUT2D eigenvalue weighted by Gasteiger charge is 2.41. The van der Waals surface area contributed by atoms with Crippen LogP contribution >= 0.6 is 15.9 Å². The molecule has 0 aromatic heterocycles. The van der Waals surface area contributed by atoms with E-state index in [-0.39, 0.29) is 0 Å². The molecule has 0 aliphatic heterocycles. The average molecular weight is 289 g/mol. The molecule has 1 saturated carbocycles. The molecular weight excluding hydrogens is 276 g/mol. The largest absolute Gasteiger partial charge is 0.381 e. The third-order valence-electron chi connectivity index (χ3n) is 3.81. The number of allylic oxidation sites excluding steroid dienone is 1. The molecule has 17 heavy (non-hydrogen) atoms. The van der Waals surface area contributed by atoms with Gasteiger partial charge in [0.2, 0.25) is 0 Å². The van der Waals surface area contributed by atoms with Crippen molar-refractivity contribution in [2.24, 2.45) is 11.8 Å². The van der Waals surface area contributed by atoms with Crippen molar-refractivity contribution in [2.45, 2.75) is 18.9 Å². The quantitative estimate of drug-likeness (QED) is 0.843. The zero-order chi connectivity index (χ0) is 11.8. The number of hydrogen-bond donors (Lipinski definition) is 1. The molecule has 3 unspecified atom stereocenters. The van der Waals surface area contributed by atoms with Gasteiger partial charge in [-0.1, -0.05) is 28.1 Å². The second-order valence-corrected chi connectivity index (χ2v) is 5.71. The van der Waals surface area contributed by atoms with Crippen molar-refractivity contribution in [1.82, 2.24) is 0 Å². The van der Waals surface area contributed by atoms with Crippen LogP contribution in [0.1, 0.15) is 18.4 Å². The van der Waals surface area contributed by atoms with Crippen molar-refractivity contribution in [2.75, 3.05) is 5.32 Å². The zero-order valence-corrected chi connectivity index (χ0v) is 10.9. The van der Waals surface area contributed by atoms with Crippen molar-refractivity contribution in [3.8, 4) is 6.07 Å². The van der Waals surface area contributed by atoms with E-state index in [0.717, 1.165) is 16.1 Å². The third-order valence-corrected chi connectivity index (χ3v) is 4.30. The molecule has 0 radical (unpaired) electrons. The lowest BCUT2D eigenvalue weighted by Crippen LogP contribution is -2.43. The molecule has 1 fully saturated rings. The highest BCUT2D eigenvalue weighted by Crippen LogP contribution is 2.44. The summed E-state index contributed by atoms with van der Waals surface area (Å²) in [5, 5.41) is 12.6. The molecule has 2 aliphatic rings. The van der Waals surface area contributed by atoms with E-state index in [1.54, 1.807) is 0 Å². The standard InChI is InChI=1S/C14H13BrN2/c15-11-4-5-13(10(6-11)8-16)17-14-7-9-2-1-3-12(9)14/h1,3-6,9,12,14,17H,2,7H2. The summed E-state index contributed by atoms with van der Waals surface area (Å²) < 4.78 is 0.951. The molecule has 2 aliphatic carbocycles. The molecule has 0 bridgehead atoms. The Morgan fingerprint density at radius 2 is 2.29 bits per heavy atom. The molecule has 3 heteroatoms. The summed E-state index contributed by atoms with van der Waals surface area (Å²) in [6.45, 7) is 0. The fraction of sp³-hybridized carbons (Fsp3) is 0.357. The summed E-state index contributed by atoms with van der Waals surface area (Å²) >= 11 is 3.39. The smallest absolute Gasteiger partial charge is 0.101 e. The molecule has 0 saturated heterocycles. The van der Waals surface area contributed by atoms with Gasteiger partial charge in [0.05, 0.1) is 11.3 Å². The number of nitrogens with one attached hydrogen (secondary N) is 1. The maximum absolute atomic E-state index is 9.11. The van der Waals surface area contributed by atoms with Crippen molar-refractivity contribution < 1.29 is 0 Å². The first kappa shape index (κ1) is 10.9. The molecule has 2 nitrogen and oxygen atoms in total. The van der Waals surface area contributed by atoms with E-state index >= 15 is 0 Å². The van der Waals surface area contributed by atoms with Crippen LogP contribution in [0.25, 0.3) is 0 Å². The molecular formula is C14H13BrN2. The topological polar surface area (TPSA) is 35.8 Å². The van der Waals surface area contributed by atoms with Crippen LogP contribution in [0.5, 0.6) is 0 Å². The summed E-state index contributed by atoms with van der Waals surface area (Å²) in [5.41, 5.74) is 1.67. The van der Waals surface area contributed by atoms with Crippen LogP contribution in [0.2, 0.25) is 0 Å². The molecule has 86 valence electrons. The minimum Gasteiger partial charge on any atom is -0.381 e. The Morgan fingerprint density at radius 1 is 1.41 bits per heavy atom. The van der Waals surface area contributed by atoms with Gasteiger partial charge in [0.25, 0.3) is 0 Å². The van der Waals surface area contributed by atoms with Gasteiger partial charge >= 0.3 is 0 Å². The van der Waals surface area contributed by atoms with Gasteiger partial charge in [-0.25, -0.2) is 0 Å². The highest BCUT2D eigenvalue weighted by atomic mass is 79.9. The number of halogens is 1. The molecule has 0 heterocycles. The average Bonchev–Trinajstić information content (AvgIpc) is 2.69. The van der Waals surface area contributed by atoms with Crippen LogP contribution in [-0.4, -0.2) is 6.04 Å². The van der Waals surface area contributed by atoms with Gasteiger partial charge in [-0.3, -0.25) is 0 Å². The van der Waals surface area contributed by atoms with Gasteiger partial charge in [-0.05, 0) is 37.0 Å². The Bertz CT molecular complexity index is 515. The summed E-state index contributed by atoms with van der Waals surface area (Å²) in [7, 11) is 0. The molecule has 1 aromatic carbocycles. The summed E-state index contributed by atoms with van der Waals surface area (Å²) in [4.78, 5) is 0. The van der Waals surface area contributed by atoms with Gasteiger partial charge in [-0.2, -0.15) is 5.26 Å². The number of benzene rings is 1. The van der Waals surface area contributed by atoms with Crippen LogP contribution in [0.3, 0.4) is 0 Å². The lowest BCUT2D eigenvalue weighted by atomic mass is 9.71. The van der Waals surface area contributed by atoms with Gasteiger partial charge in [-0.15, -0.1) is 0 Å². The summed E-state index contributed by atoms with van der Waals surface area (Å²) in [5.74, 6) is 1.51. The highest BCUT2D eigenvalue weighted by molar-refractivity contribution is 9.10. The van der Waals surface area contributed by atoms with Gasteiger partial charge in [0.1, 0.15) is 6.07 Å². The minimum absolute atomic E-state index is 0.507. The maximum atomic E-state index is 9.11. The van der Waals surface area contributed by atoms with E-state index in [0.29, 0.717) is 17.5 Å². The van der Waals surface area contributed by atoms with Crippen LogP contribution in [0.15, 0.2) is 34.8 Å². The molecule has 3 atom stereocenters. The fourth-order valence-corrected chi connectivity index (χ4v) is 3.18. The Labute approximate surface area is 109 Å². The second kappa shape index (κ2) is 4.19. The van der Waals surface area contributed by atoms with Crippen molar-refractivity contribution in [3.05, 3.63) is 40.4 Å². The summed E-state index contributed by atoms with van der Waals surface area (Å²) in [6.07, 6.45) is 7.05. The normalized spacial score (nSPS) is 29.3. The number of nitrogens with zero attached hydrogens (tertiary/aromatic N) is 1. The predicted octanol–water partition coefficient (Wildman–Crippen LogP) is 3.70. The maximum Gasteiger partial charge on any atom is 0.101 e. The third kappa shape index (κ3) is 1.87. The van der Waals surface area contributed by atoms with E-state index < -0.39 is 0 Å². The number of rotatable bonds is 2. The lowest BCUT2D eigenvalue weighted by molar-refractivity contribution is 0.218. The first-order chi connectivity index (χ1) is 8.28. The van der Waals surface area contributed by atoms with Crippen molar-refractivity contribution >= 4 is 21.6 Å². The Morgan fingerprint density at radius 3 is 3.06 bits per heavy atom. The fourth-order valence-electron chi connectivity index (χ4n) is 2.82. The van der Waals surface area contributed by atoms with E-state index in [9.17, 15) is 0 Å². The predicted molar refractivity (Wildman–Crippen MR) is 71.6 cm³/mol. The van der Waals surface area contributed by atoms with Crippen LogP contribution in [0, 0.1) is 23.2 Å². The Kier molecular flexibility index (Phi) is 2.68. The number of anilines is 1. The lowest BCUT2D eigenvalue weighted by Gasteiger charge is -2.41. The second-order valence-electron chi connectivity index (χ2n) is 4.79. The Hall–Kier alpha value is -1.27. The van der Waals surface area contributed by atoms with Gasteiger partial charge < -0.3 is 5.32 Å². The van der Waals surface area contributed by atoms with E-state index in [4.69, 9.17) is 5.26 Å². The molecule has 3 rings (SSSR count). The summed E-state index contributed by atoms with van der Waals surface area (Å²) in [6, 6.07) is 8.57. The van der Waals surface area contributed by atoms with E-state index in [1.807, 2.05) is 18.2 Å². The molecule has 1 N–H and O–H groups in total. The molecule has 1 aromatic rings. The minimum atomic E-state index is 0.507.